The van der Waals surface area contributed by atoms with Gasteiger partial charge in [0.2, 0.25) is 5.75 Å². The van der Waals surface area contributed by atoms with Crippen molar-refractivity contribution in [2.75, 3.05) is 27.4 Å². The van der Waals surface area contributed by atoms with E-state index in [9.17, 15) is 0 Å². The first-order valence-electron chi connectivity index (χ1n) is 6.96. The topological polar surface area (TPSA) is 39.7 Å². The minimum absolute atomic E-state index is 0.559. The van der Waals surface area contributed by atoms with Crippen LogP contribution in [0.25, 0.3) is 0 Å². The molecular formula is C16H25NO3. The molecule has 0 heterocycles. The van der Waals surface area contributed by atoms with Crippen molar-refractivity contribution in [1.82, 2.24) is 5.32 Å². The van der Waals surface area contributed by atoms with Crippen LogP contribution >= 0.6 is 0 Å². The summed E-state index contributed by atoms with van der Waals surface area (Å²) in [5.41, 5.74) is 1.11. The zero-order valence-corrected chi connectivity index (χ0v) is 12.7. The van der Waals surface area contributed by atoms with Crippen LogP contribution in [-0.4, -0.2) is 27.4 Å². The summed E-state index contributed by atoms with van der Waals surface area (Å²) in [5, 5.41) is 3.36. The maximum atomic E-state index is 5.73. The Bertz CT molecular complexity index is 393. The van der Waals surface area contributed by atoms with Crippen molar-refractivity contribution in [1.29, 1.82) is 0 Å². The van der Waals surface area contributed by atoms with Gasteiger partial charge in [-0.1, -0.05) is 13.0 Å². The molecule has 0 radical (unpaired) electrons. The molecule has 1 aromatic rings. The molecule has 0 spiro atoms. The second kappa shape index (κ2) is 9.26. The van der Waals surface area contributed by atoms with Crippen LogP contribution in [0.3, 0.4) is 0 Å². The van der Waals surface area contributed by atoms with E-state index in [1.807, 2.05) is 18.2 Å². The molecule has 0 saturated carbocycles. The predicted octanol–water partition coefficient (Wildman–Crippen LogP) is 3.16. The lowest BCUT2D eigenvalue weighted by Gasteiger charge is -2.16. The van der Waals surface area contributed by atoms with Crippen LogP contribution in [0, 0.1) is 0 Å². The summed E-state index contributed by atoms with van der Waals surface area (Å²) >= 11 is 0. The van der Waals surface area contributed by atoms with Crippen molar-refractivity contribution in [3.8, 4) is 17.2 Å². The van der Waals surface area contributed by atoms with Crippen molar-refractivity contribution in [3.63, 3.8) is 0 Å². The van der Waals surface area contributed by atoms with E-state index >= 15 is 0 Å². The van der Waals surface area contributed by atoms with Crippen molar-refractivity contribution < 1.29 is 14.2 Å². The highest BCUT2D eigenvalue weighted by Crippen LogP contribution is 2.38. The van der Waals surface area contributed by atoms with Gasteiger partial charge in [0.05, 0.1) is 20.8 Å². The summed E-state index contributed by atoms with van der Waals surface area (Å²) in [4.78, 5) is 0. The molecule has 4 heteroatoms. The van der Waals surface area contributed by atoms with E-state index in [1.54, 1.807) is 14.2 Å². The highest BCUT2D eigenvalue weighted by atomic mass is 16.5. The lowest BCUT2D eigenvalue weighted by atomic mass is 10.1. The van der Waals surface area contributed by atoms with Gasteiger partial charge in [0.25, 0.3) is 0 Å². The Labute approximate surface area is 121 Å². The summed E-state index contributed by atoms with van der Waals surface area (Å²) in [7, 11) is 3.27. The van der Waals surface area contributed by atoms with Crippen LogP contribution in [0.5, 0.6) is 17.2 Å². The first-order chi connectivity index (χ1) is 9.76. The highest BCUT2D eigenvalue weighted by molar-refractivity contribution is 5.53. The van der Waals surface area contributed by atoms with Crippen molar-refractivity contribution in [2.45, 2.75) is 26.3 Å². The largest absolute Gasteiger partial charge is 0.493 e. The van der Waals surface area contributed by atoms with E-state index in [4.69, 9.17) is 14.2 Å². The van der Waals surface area contributed by atoms with E-state index in [1.165, 1.54) is 0 Å². The predicted molar refractivity (Wildman–Crippen MR) is 81.9 cm³/mol. The summed E-state index contributed by atoms with van der Waals surface area (Å²) in [6, 6.07) is 3.96. The molecule has 0 saturated heterocycles. The average molecular weight is 279 g/mol. The molecule has 0 unspecified atom stereocenters. The maximum absolute atomic E-state index is 5.73. The molecule has 0 fully saturated rings. The summed E-state index contributed by atoms with van der Waals surface area (Å²) in [6.45, 7) is 8.16. The van der Waals surface area contributed by atoms with E-state index in [2.05, 4.69) is 18.8 Å². The molecule has 0 amide bonds. The Morgan fingerprint density at radius 2 is 1.85 bits per heavy atom. The van der Waals surface area contributed by atoms with Gasteiger partial charge in [-0.05, 0) is 37.1 Å². The third-order valence-electron chi connectivity index (χ3n) is 2.84. The average Bonchev–Trinajstić information content (AvgIpc) is 2.48. The fourth-order valence-electron chi connectivity index (χ4n) is 1.83. The van der Waals surface area contributed by atoms with Gasteiger partial charge in [-0.25, -0.2) is 0 Å². The van der Waals surface area contributed by atoms with E-state index in [0.717, 1.165) is 31.5 Å². The number of ether oxygens (including phenoxy) is 3. The Morgan fingerprint density at radius 1 is 1.20 bits per heavy atom. The fourth-order valence-corrected chi connectivity index (χ4v) is 1.83. The van der Waals surface area contributed by atoms with Crippen molar-refractivity contribution in [2.24, 2.45) is 0 Å². The van der Waals surface area contributed by atoms with Crippen LogP contribution in [0.2, 0.25) is 0 Å². The van der Waals surface area contributed by atoms with Crippen LogP contribution in [0.4, 0.5) is 0 Å². The SMILES string of the molecule is C=CCCOc1c(OC)cc(CNCCC)cc1OC. The fraction of sp³-hybridized carbons (Fsp3) is 0.500. The minimum atomic E-state index is 0.559. The molecule has 0 aliphatic carbocycles. The Kier molecular flexibility index (Phi) is 7.58. The number of nitrogens with one attached hydrogen (secondary N) is 1. The van der Waals surface area contributed by atoms with E-state index < -0.39 is 0 Å². The standard InChI is InChI=1S/C16H25NO3/c1-5-7-9-20-16-14(18-3)10-13(11-15(16)19-4)12-17-8-6-2/h5,10-11,17H,1,6-9,12H2,2-4H3. The first kappa shape index (κ1) is 16.4. The second-order valence-electron chi connectivity index (χ2n) is 4.43. The quantitative estimate of drug-likeness (QED) is 0.527. The molecule has 0 atom stereocenters. The molecule has 0 aliphatic rings. The number of rotatable bonds is 10. The van der Waals surface area contributed by atoms with Gasteiger partial charge < -0.3 is 19.5 Å². The van der Waals surface area contributed by atoms with Crippen LogP contribution < -0.4 is 19.5 Å². The second-order valence-corrected chi connectivity index (χ2v) is 4.43. The lowest BCUT2D eigenvalue weighted by Crippen LogP contribution is -2.14. The monoisotopic (exact) mass is 279 g/mol. The highest BCUT2D eigenvalue weighted by Gasteiger charge is 2.13. The van der Waals surface area contributed by atoms with E-state index in [0.29, 0.717) is 23.9 Å². The third-order valence-corrected chi connectivity index (χ3v) is 2.84. The third kappa shape index (κ3) is 4.78. The van der Waals surface area contributed by atoms with Gasteiger partial charge in [0.15, 0.2) is 11.5 Å². The Balaban J connectivity index is 2.89. The zero-order chi connectivity index (χ0) is 14.8. The number of benzene rings is 1. The Hall–Kier alpha value is -1.68. The van der Waals surface area contributed by atoms with E-state index in [-0.39, 0.29) is 0 Å². The smallest absolute Gasteiger partial charge is 0.203 e. The number of hydrogen-bond donors (Lipinski definition) is 1. The molecule has 4 nitrogen and oxygen atoms in total. The Morgan fingerprint density at radius 3 is 2.35 bits per heavy atom. The summed E-state index contributed by atoms with van der Waals surface area (Å²) in [5.74, 6) is 2.04. The number of methoxy groups -OCH3 is 2. The van der Waals surface area contributed by atoms with Crippen LogP contribution in [0.1, 0.15) is 25.3 Å². The molecule has 112 valence electrons. The van der Waals surface area contributed by atoms with Gasteiger partial charge >= 0.3 is 0 Å². The van der Waals surface area contributed by atoms with Gasteiger partial charge in [-0.15, -0.1) is 6.58 Å². The van der Waals surface area contributed by atoms with Gasteiger partial charge in [0, 0.05) is 6.54 Å². The molecule has 1 N–H and O–H groups in total. The molecule has 1 rings (SSSR count). The van der Waals surface area contributed by atoms with Crippen molar-refractivity contribution >= 4 is 0 Å². The minimum Gasteiger partial charge on any atom is -0.493 e. The maximum Gasteiger partial charge on any atom is 0.203 e. The van der Waals surface area contributed by atoms with Gasteiger partial charge in [0.1, 0.15) is 0 Å². The van der Waals surface area contributed by atoms with Gasteiger partial charge in [-0.3, -0.25) is 0 Å². The molecule has 0 bridgehead atoms. The number of hydrogen-bond acceptors (Lipinski definition) is 4. The lowest BCUT2D eigenvalue weighted by molar-refractivity contribution is 0.279. The van der Waals surface area contributed by atoms with Crippen molar-refractivity contribution in [3.05, 3.63) is 30.4 Å². The van der Waals surface area contributed by atoms with Crippen LogP contribution in [-0.2, 0) is 6.54 Å². The molecular weight excluding hydrogens is 254 g/mol. The molecule has 0 aliphatic heterocycles. The normalized spacial score (nSPS) is 10.2. The summed E-state index contributed by atoms with van der Waals surface area (Å²) < 4.78 is 16.5. The summed E-state index contributed by atoms with van der Waals surface area (Å²) in [6.07, 6.45) is 3.71. The molecule has 20 heavy (non-hydrogen) atoms. The first-order valence-corrected chi connectivity index (χ1v) is 6.96. The van der Waals surface area contributed by atoms with Crippen LogP contribution in [0.15, 0.2) is 24.8 Å². The molecule has 0 aromatic heterocycles. The molecule has 1 aromatic carbocycles. The zero-order valence-electron chi connectivity index (χ0n) is 12.7. The van der Waals surface area contributed by atoms with Gasteiger partial charge in [-0.2, -0.15) is 0 Å².